The van der Waals surface area contributed by atoms with Crippen molar-refractivity contribution in [1.29, 1.82) is 0 Å². The summed E-state index contributed by atoms with van der Waals surface area (Å²) < 4.78 is 35.4. The third-order valence-electron chi connectivity index (χ3n) is 2.61. The molecular formula is C16H13F3N2O3. The standard InChI is InChI=1S/C9H6F3NO2.C7H7NO/c10-9(11,12)8(15)5-7(14)6-3-1-2-4-13-6;1-6(9)7-4-2-3-5-8-7/h1-4H,5H2;2-5H,1H3. The fourth-order valence-electron chi connectivity index (χ4n) is 1.44. The first-order chi connectivity index (χ1) is 11.2. The Balaban J connectivity index is 0.000000272. The van der Waals surface area contributed by atoms with E-state index in [-0.39, 0.29) is 11.5 Å². The molecule has 126 valence electrons. The van der Waals surface area contributed by atoms with Gasteiger partial charge in [-0.1, -0.05) is 12.1 Å². The predicted molar refractivity (Wildman–Crippen MR) is 78.5 cm³/mol. The predicted octanol–water partition coefficient (Wildman–Crippen LogP) is 3.07. The molecule has 0 aliphatic rings. The van der Waals surface area contributed by atoms with Gasteiger partial charge in [0.25, 0.3) is 0 Å². The summed E-state index contributed by atoms with van der Waals surface area (Å²) in [6, 6.07) is 9.51. The van der Waals surface area contributed by atoms with Gasteiger partial charge in [0.05, 0.1) is 6.42 Å². The third kappa shape index (κ3) is 6.47. The van der Waals surface area contributed by atoms with Gasteiger partial charge in [0.15, 0.2) is 11.6 Å². The Labute approximate surface area is 135 Å². The summed E-state index contributed by atoms with van der Waals surface area (Å²) in [6.45, 7) is 1.50. The van der Waals surface area contributed by atoms with Crippen LogP contribution in [-0.4, -0.2) is 33.5 Å². The van der Waals surface area contributed by atoms with Crippen LogP contribution in [0.25, 0.3) is 0 Å². The molecule has 0 aromatic carbocycles. The number of pyridine rings is 2. The number of halogens is 3. The van der Waals surface area contributed by atoms with Crippen molar-refractivity contribution in [1.82, 2.24) is 9.97 Å². The molecule has 2 aromatic rings. The average Bonchev–Trinajstić information content (AvgIpc) is 2.56. The Morgan fingerprint density at radius 1 is 0.917 bits per heavy atom. The minimum Gasteiger partial charge on any atom is -0.293 e. The van der Waals surface area contributed by atoms with E-state index in [4.69, 9.17) is 0 Å². The van der Waals surface area contributed by atoms with Crippen LogP contribution in [0.3, 0.4) is 0 Å². The molecule has 0 saturated heterocycles. The van der Waals surface area contributed by atoms with E-state index < -0.39 is 24.2 Å². The van der Waals surface area contributed by atoms with Crippen molar-refractivity contribution < 1.29 is 27.6 Å². The molecule has 0 spiro atoms. The molecule has 0 radical (unpaired) electrons. The number of carbonyl (C=O) groups excluding carboxylic acids is 3. The highest BCUT2D eigenvalue weighted by atomic mass is 19.4. The number of hydrogen-bond donors (Lipinski definition) is 0. The number of ketones is 3. The molecule has 0 N–H and O–H groups in total. The van der Waals surface area contributed by atoms with Crippen molar-refractivity contribution in [2.75, 3.05) is 0 Å². The molecule has 0 aliphatic heterocycles. The maximum atomic E-state index is 11.8. The van der Waals surface area contributed by atoms with Gasteiger partial charge in [-0.25, -0.2) is 0 Å². The largest absolute Gasteiger partial charge is 0.450 e. The smallest absolute Gasteiger partial charge is 0.293 e. The highest BCUT2D eigenvalue weighted by molar-refractivity contribution is 6.08. The quantitative estimate of drug-likeness (QED) is 0.632. The number of Topliss-reactive ketones (excluding diaryl/α,β-unsaturated/α-hetero) is 3. The summed E-state index contributed by atoms with van der Waals surface area (Å²) in [5.74, 6) is -2.98. The van der Waals surface area contributed by atoms with Crippen LogP contribution in [0.1, 0.15) is 34.3 Å². The molecule has 2 rings (SSSR count). The lowest BCUT2D eigenvalue weighted by Gasteiger charge is -2.03. The number of alkyl halides is 3. The lowest BCUT2D eigenvalue weighted by atomic mass is 10.1. The Bertz CT molecular complexity index is 702. The van der Waals surface area contributed by atoms with Crippen LogP contribution < -0.4 is 0 Å². The van der Waals surface area contributed by atoms with Gasteiger partial charge in [-0.05, 0) is 24.3 Å². The molecule has 0 aliphatic carbocycles. The van der Waals surface area contributed by atoms with Crippen molar-refractivity contribution in [3.63, 3.8) is 0 Å². The lowest BCUT2D eigenvalue weighted by Crippen LogP contribution is -2.25. The van der Waals surface area contributed by atoms with Crippen LogP contribution >= 0.6 is 0 Å². The Morgan fingerprint density at radius 3 is 1.75 bits per heavy atom. The third-order valence-corrected chi connectivity index (χ3v) is 2.61. The minimum atomic E-state index is -4.97. The number of aromatic nitrogens is 2. The van der Waals surface area contributed by atoms with Gasteiger partial charge in [-0.3, -0.25) is 24.4 Å². The maximum absolute atomic E-state index is 11.8. The molecule has 5 nitrogen and oxygen atoms in total. The van der Waals surface area contributed by atoms with Crippen molar-refractivity contribution in [2.24, 2.45) is 0 Å². The Hall–Kier alpha value is -2.90. The van der Waals surface area contributed by atoms with Gasteiger partial charge in [0.1, 0.15) is 11.4 Å². The van der Waals surface area contributed by atoms with Crippen LogP contribution in [0, 0.1) is 0 Å². The number of rotatable bonds is 4. The molecule has 2 heterocycles. The summed E-state index contributed by atoms with van der Waals surface area (Å²) in [4.78, 5) is 39.5. The van der Waals surface area contributed by atoms with E-state index in [9.17, 15) is 27.6 Å². The topological polar surface area (TPSA) is 77.0 Å². The summed E-state index contributed by atoms with van der Waals surface area (Å²) >= 11 is 0. The monoisotopic (exact) mass is 338 g/mol. The van der Waals surface area contributed by atoms with Crippen LogP contribution in [-0.2, 0) is 4.79 Å². The summed E-state index contributed by atoms with van der Waals surface area (Å²) in [5, 5.41) is 0. The van der Waals surface area contributed by atoms with Gasteiger partial charge in [0.2, 0.25) is 5.78 Å². The molecule has 2 aromatic heterocycles. The molecule has 8 heteroatoms. The lowest BCUT2D eigenvalue weighted by molar-refractivity contribution is -0.170. The first-order valence-corrected chi connectivity index (χ1v) is 6.68. The van der Waals surface area contributed by atoms with Crippen molar-refractivity contribution in [3.8, 4) is 0 Å². The summed E-state index contributed by atoms with van der Waals surface area (Å²) in [5.41, 5.74) is 0.382. The molecule has 0 unspecified atom stereocenters. The Kier molecular flexibility index (Phi) is 6.91. The zero-order chi connectivity index (χ0) is 18.2. The highest BCUT2D eigenvalue weighted by Gasteiger charge is 2.39. The van der Waals surface area contributed by atoms with Gasteiger partial charge in [-0.15, -0.1) is 0 Å². The van der Waals surface area contributed by atoms with Gasteiger partial charge in [-0.2, -0.15) is 13.2 Å². The fourth-order valence-corrected chi connectivity index (χ4v) is 1.44. The first kappa shape index (κ1) is 19.1. The van der Waals surface area contributed by atoms with E-state index >= 15 is 0 Å². The van der Waals surface area contributed by atoms with Crippen LogP contribution in [0.5, 0.6) is 0 Å². The van der Waals surface area contributed by atoms with Gasteiger partial charge >= 0.3 is 6.18 Å². The van der Waals surface area contributed by atoms with E-state index in [1.807, 2.05) is 0 Å². The van der Waals surface area contributed by atoms with Crippen LogP contribution in [0.4, 0.5) is 13.2 Å². The second-order valence-corrected chi connectivity index (χ2v) is 4.51. The average molecular weight is 338 g/mol. The van der Waals surface area contributed by atoms with Crippen molar-refractivity contribution in [2.45, 2.75) is 19.5 Å². The first-order valence-electron chi connectivity index (χ1n) is 6.68. The zero-order valence-corrected chi connectivity index (χ0v) is 12.6. The van der Waals surface area contributed by atoms with Crippen LogP contribution in [0.15, 0.2) is 48.8 Å². The molecule has 0 amide bonds. The van der Waals surface area contributed by atoms with Crippen LogP contribution in [0.2, 0.25) is 0 Å². The number of nitrogens with zero attached hydrogens (tertiary/aromatic N) is 2. The minimum absolute atomic E-state index is 0.00981. The molecular weight excluding hydrogens is 325 g/mol. The fraction of sp³-hybridized carbons (Fsp3) is 0.188. The van der Waals surface area contributed by atoms with E-state index in [1.54, 1.807) is 24.4 Å². The molecule has 0 bridgehead atoms. The molecule has 0 atom stereocenters. The molecule has 24 heavy (non-hydrogen) atoms. The second kappa shape index (κ2) is 8.66. The summed E-state index contributed by atoms with van der Waals surface area (Å²) in [6.07, 6.45) is -3.28. The summed E-state index contributed by atoms with van der Waals surface area (Å²) in [7, 11) is 0. The van der Waals surface area contributed by atoms with Crippen molar-refractivity contribution >= 4 is 17.3 Å². The Morgan fingerprint density at radius 2 is 1.42 bits per heavy atom. The van der Waals surface area contributed by atoms with Crippen molar-refractivity contribution in [3.05, 3.63) is 60.2 Å². The molecule has 0 fully saturated rings. The van der Waals surface area contributed by atoms with E-state index in [0.717, 1.165) is 0 Å². The normalized spacial score (nSPS) is 10.3. The SMILES string of the molecule is CC(=O)c1ccccn1.O=C(CC(=O)C(F)(F)F)c1ccccn1. The zero-order valence-electron chi connectivity index (χ0n) is 12.6. The maximum Gasteiger partial charge on any atom is 0.450 e. The molecule has 0 saturated carbocycles. The highest BCUT2D eigenvalue weighted by Crippen LogP contribution is 2.18. The number of carbonyl (C=O) groups is 3. The second-order valence-electron chi connectivity index (χ2n) is 4.51. The van der Waals surface area contributed by atoms with Gasteiger partial charge < -0.3 is 0 Å². The van der Waals surface area contributed by atoms with E-state index in [1.165, 1.54) is 31.3 Å². The van der Waals surface area contributed by atoms with Gasteiger partial charge in [0, 0.05) is 19.3 Å². The van der Waals surface area contributed by atoms with E-state index in [2.05, 4.69) is 9.97 Å². The number of hydrogen-bond acceptors (Lipinski definition) is 5. The van der Waals surface area contributed by atoms with E-state index in [0.29, 0.717) is 5.69 Å².